The standard InChI is InChI=1S/C23H26N4O2/c1-28-19-12-11-18(15-20(19)29-2)24-21-16-22(27-13-7-4-8-14-27)26-23(25-21)17-9-5-3-6-10-17/h3,5-6,9-12,15-16H,4,7-8,13-14H2,1-2H3,(H,24,25,26). The number of hydrogen-bond donors (Lipinski definition) is 1. The Hall–Kier alpha value is -3.28. The average Bonchev–Trinajstić information content (AvgIpc) is 2.80. The monoisotopic (exact) mass is 390 g/mol. The Balaban J connectivity index is 1.70. The van der Waals surface area contributed by atoms with Gasteiger partial charge < -0.3 is 19.7 Å². The van der Waals surface area contributed by atoms with Gasteiger partial charge in [-0.2, -0.15) is 0 Å². The first-order valence-corrected chi connectivity index (χ1v) is 9.95. The van der Waals surface area contributed by atoms with Gasteiger partial charge in [-0.3, -0.25) is 0 Å². The van der Waals surface area contributed by atoms with Crippen LogP contribution in [0.1, 0.15) is 19.3 Å². The summed E-state index contributed by atoms with van der Waals surface area (Å²) in [6.07, 6.45) is 3.68. The van der Waals surface area contributed by atoms with Crippen molar-refractivity contribution in [3.63, 3.8) is 0 Å². The minimum Gasteiger partial charge on any atom is -0.493 e. The number of rotatable bonds is 6. The summed E-state index contributed by atoms with van der Waals surface area (Å²) in [7, 11) is 3.26. The van der Waals surface area contributed by atoms with Gasteiger partial charge in [-0.1, -0.05) is 30.3 Å². The molecule has 0 atom stereocenters. The molecule has 0 saturated carbocycles. The molecule has 0 amide bonds. The molecule has 0 bridgehead atoms. The van der Waals surface area contributed by atoms with E-state index in [4.69, 9.17) is 19.4 Å². The van der Waals surface area contributed by atoms with Crippen molar-refractivity contribution in [2.24, 2.45) is 0 Å². The molecule has 0 radical (unpaired) electrons. The van der Waals surface area contributed by atoms with Crippen molar-refractivity contribution in [3.05, 3.63) is 54.6 Å². The molecule has 1 aliphatic rings. The fourth-order valence-electron chi connectivity index (χ4n) is 3.56. The number of aromatic nitrogens is 2. The lowest BCUT2D eigenvalue weighted by atomic mass is 10.1. The van der Waals surface area contributed by atoms with E-state index in [1.807, 2.05) is 54.6 Å². The lowest BCUT2D eigenvalue weighted by molar-refractivity contribution is 0.355. The zero-order valence-corrected chi connectivity index (χ0v) is 16.9. The van der Waals surface area contributed by atoms with Crippen molar-refractivity contribution in [1.29, 1.82) is 0 Å². The zero-order valence-electron chi connectivity index (χ0n) is 16.9. The predicted octanol–water partition coefficient (Wildman–Crippen LogP) is 4.89. The van der Waals surface area contributed by atoms with Gasteiger partial charge in [0.2, 0.25) is 0 Å². The highest BCUT2D eigenvalue weighted by molar-refractivity contribution is 5.67. The fraction of sp³-hybridized carbons (Fsp3) is 0.304. The summed E-state index contributed by atoms with van der Waals surface area (Å²) in [5.41, 5.74) is 1.88. The molecule has 1 aromatic heterocycles. The van der Waals surface area contributed by atoms with Crippen LogP contribution in [-0.2, 0) is 0 Å². The van der Waals surface area contributed by atoms with Crippen molar-refractivity contribution in [2.45, 2.75) is 19.3 Å². The summed E-state index contributed by atoms with van der Waals surface area (Å²) >= 11 is 0. The normalized spacial score (nSPS) is 13.8. The molecule has 150 valence electrons. The van der Waals surface area contributed by atoms with Gasteiger partial charge in [0.15, 0.2) is 17.3 Å². The number of ether oxygens (including phenoxy) is 2. The van der Waals surface area contributed by atoms with Crippen LogP contribution in [0.3, 0.4) is 0 Å². The third-order valence-corrected chi connectivity index (χ3v) is 5.08. The Morgan fingerprint density at radius 1 is 0.828 bits per heavy atom. The SMILES string of the molecule is COc1ccc(Nc2cc(N3CCCCC3)nc(-c3ccccc3)n2)cc1OC. The van der Waals surface area contributed by atoms with Crippen LogP contribution < -0.4 is 19.7 Å². The number of anilines is 3. The number of nitrogens with one attached hydrogen (secondary N) is 1. The van der Waals surface area contributed by atoms with E-state index >= 15 is 0 Å². The number of methoxy groups -OCH3 is 2. The number of benzene rings is 2. The van der Waals surface area contributed by atoms with Gasteiger partial charge >= 0.3 is 0 Å². The molecule has 29 heavy (non-hydrogen) atoms. The third-order valence-electron chi connectivity index (χ3n) is 5.08. The van der Waals surface area contributed by atoms with Crippen LogP contribution in [-0.4, -0.2) is 37.3 Å². The van der Waals surface area contributed by atoms with Gasteiger partial charge in [0, 0.05) is 36.5 Å². The van der Waals surface area contributed by atoms with E-state index in [9.17, 15) is 0 Å². The van der Waals surface area contributed by atoms with Crippen LogP contribution in [0.2, 0.25) is 0 Å². The Bertz CT molecular complexity index is 956. The molecule has 0 unspecified atom stereocenters. The second-order valence-corrected chi connectivity index (χ2v) is 7.04. The van der Waals surface area contributed by atoms with Gasteiger partial charge in [0.25, 0.3) is 0 Å². The summed E-state index contributed by atoms with van der Waals surface area (Å²) < 4.78 is 10.8. The van der Waals surface area contributed by atoms with E-state index in [1.54, 1.807) is 14.2 Å². The lowest BCUT2D eigenvalue weighted by Crippen LogP contribution is -2.30. The van der Waals surface area contributed by atoms with Crippen molar-refractivity contribution < 1.29 is 9.47 Å². The molecule has 1 saturated heterocycles. The van der Waals surface area contributed by atoms with E-state index in [0.717, 1.165) is 41.8 Å². The maximum atomic E-state index is 5.42. The minimum atomic E-state index is 0.672. The van der Waals surface area contributed by atoms with Crippen molar-refractivity contribution in [2.75, 3.05) is 37.5 Å². The molecule has 2 aromatic carbocycles. The lowest BCUT2D eigenvalue weighted by Gasteiger charge is -2.28. The van der Waals surface area contributed by atoms with Gasteiger partial charge in [-0.05, 0) is 31.4 Å². The molecule has 2 heterocycles. The van der Waals surface area contributed by atoms with Crippen LogP contribution in [0.15, 0.2) is 54.6 Å². The number of hydrogen-bond acceptors (Lipinski definition) is 6. The summed E-state index contributed by atoms with van der Waals surface area (Å²) in [5.74, 6) is 3.80. The summed E-state index contributed by atoms with van der Waals surface area (Å²) in [6, 6.07) is 17.9. The van der Waals surface area contributed by atoms with E-state index in [2.05, 4.69) is 10.2 Å². The van der Waals surface area contributed by atoms with Crippen LogP contribution >= 0.6 is 0 Å². The maximum absolute atomic E-state index is 5.42. The summed E-state index contributed by atoms with van der Waals surface area (Å²) in [6.45, 7) is 2.06. The molecular formula is C23H26N4O2. The number of piperidine rings is 1. The molecule has 0 aliphatic carbocycles. The molecule has 3 aromatic rings. The highest BCUT2D eigenvalue weighted by Gasteiger charge is 2.16. The predicted molar refractivity (Wildman–Crippen MR) is 116 cm³/mol. The van der Waals surface area contributed by atoms with E-state index in [1.165, 1.54) is 19.3 Å². The van der Waals surface area contributed by atoms with E-state index in [-0.39, 0.29) is 0 Å². The molecule has 0 spiro atoms. The van der Waals surface area contributed by atoms with Gasteiger partial charge in [-0.15, -0.1) is 0 Å². The number of nitrogens with zero attached hydrogens (tertiary/aromatic N) is 3. The smallest absolute Gasteiger partial charge is 0.163 e. The van der Waals surface area contributed by atoms with Crippen molar-refractivity contribution in [1.82, 2.24) is 9.97 Å². The molecule has 1 aliphatic heterocycles. The average molecular weight is 390 g/mol. The third kappa shape index (κ3) is 4.42. The van der Waals surface area contributed by atoms with Gasteiger partial charge in [0.1, 0.15) is 11.6 Å². The Labute approximate surface area is 171 Å². The topological polar surface area (TPSA) is 59.5 Å². The van der Waals surface area contributed by atoms with E-state index < -0.39 is 0 Å². The van der Waals surface area contributed by atoms with Crippen molar-refractivity contribution in [3.8, 4) is 22.9 Å². The largest absolute Gasteiger partial charge is 0.493 e. The Morgan fingerprint density at radius 2 is 1.59 bits per heavy atom. The van der Waals surface area contributed by atoms with Crippen LogP contribution in [0.25, 0.3) is 11.4 Å². The van der Waals surface area contributed by atoms with Gasteiger partial charge in [-0.25, -0.2) is 9.97 Å². The highest BCUT2D eigenvalue weighted by atomic mass is 16.5. The summed E-state index contributed by atoms with van der Waals surface area (Å²) in [4.78, 5) is 12.0. The van der Waals surface area contributed by atoms with Crippen LogP contribution in [0.5, 0.6) is 11.5 Å². The molecule has 6 heteroatoms. The molecule has 1 fully saturated rings. The molecule has 4 rings (SSSR count). The van der Waals surface area contributed by atoms with Gasteiger partial charge in [0.05, 0.1) is 14.2 Å². The second kappa shape index (κ2) is 8.82. The molecule has 6 nitrogen and oxygen atoms in total. The maximum Gasteiger partial charge on any atom is 0.163 e. The Kier molecular flexibility index (Phi) is 5.79. The first-order chi connectivity index (χ1) is 14.3. The zero-order chi connectivity index (χ0) is 20.1. The van der Waals surface area contributed by atoms with E-state index in [0.29, 0.717) is 11.5 Å². The van der Waals surface area contributed by atoms with Crippen molar-refractivity contribution >= 4 is 17.3 Å². The quantitative estimate of drug-likeness (QED) is 0.646. The molecule has 1 N–H and O–H groups in total. The van der Waals surface area contributed by atoms with Crippen LogP contribution in [0.4, 0.5) is 17.3 Å². The second-order valence-electron chi connectivity index (χ2n) is 7.04. The highest BCUT2D eigenvalue weighted by Crippen LogP contribution is 2.32. The summed E-state index contributed by atoms with van der Waals surface area (Å²) in [5, 5.41) is 3.41. The first kappa shape index (κ1) is 19.1. The van der Waals surface area contributed by atoms with Crippen LogP contribution in [0, 0.1) is 0 Å². The first-order valence-electron chi connectivity index (χ1n) is 9.95. The molecular weight excluding hydrogens is 364 g/mol. The minimum absolute atomic E-state index is 0.672. The Morgan fingerprint density at radius 3 is 2.31 bits per heavy atom. The fourth-order valence-corrected chi connectivity index (χ4v) is 3.56.